The molecular weight excluding hydrogens is 282 g/mol. The first kappa shape index (κ1) is 10.2. The lowest BCUT2D eigenvalue weighted by molar-refractivity contribution is -0.384. The Hall–Kier alpha value is -1.34. The van der Waals surface area contributed by atoms with Crippen molar-refractivity contribution in [1.82, 2.24) is 8.75 Å². The van der Waals surface area contributed by atoms with Crippen molar-refractivity contribution < 1.29 is 4.92 Å². The maximum absolute atomic E-state index is 10.4. The van der Waals surface area contributed by atoms with Crippen LogP contribution < -0.4 is 0 Å². The highest BCUT2D eigenvalue weighted by Crippen LogP contribution is 2.27. The average molecular weight is 286 g/mol. The molecule has 0 N–H and O–H groups in total. The Morgan fingerprint density at radius 3 is 2.40 bits per heavy atom. The quantitative estimate of drug-likeness (QED) is 0.628. The first-order valence-corrected chi connectivity index (χ1v) is 5.43. The van der Waals surface area contributed by atoms with Crippen molar-refractivity contribution in [2.24, 2.45) is 0 Å². The van der Waals surface area contributed by atoms with Crippen LogP contribution >= 0.6 is 27.7 Å². The van der Waals surface area contributed by atoms with E-state index in [0.29, 0.717) is 10.3 Å². The fraction of sp³-hybridized carbons (Fsp3) is 0. The highest BCUT2D eigenvalue weighted by atomic mass is 79.9. The molecule has 15 heavy (non-hydrogen) atoms. The standard InChI is InChI=1S/C8H4BrN3O2S/c9-8-7(10-15-11-8)5-1-3-6(4-2-5)12(13)14/h1-4H. The Morgan fingerprint density at radius 2 is 1.93 bits per heavy atom. The van der Waals surface area contributed by atoms with Gasteiger partial charge in [-0.3, -0.25) is 10.1 Å². The predicted molar refractivity (Wildman–Crippen MR) is 59.7 cm³/mol. The summed E-state index contributed by atoms with van der Waals surface area (Å²) in [6.07, 6.45) is 0. The Kier molecular flexibility index (Phi) is 2.74. The summed E-state index contributed by atoms with van der Waals surface area (Å²) in [6.45, 7) is 0. The number of nitrogens with zero attached hydrogens (tertiary/aromatic N) is 3. The monoisotopic (exact) mass is 285 g/mol. The summed E-state index contributed by atoms with van der Waals surface area (Å²) in [4.78, 5) is 10.0. The summed E-state index contributed by atoms with van der Waals surface area (Å²) in [5.74, 6) is 0. The summed E-state index contributed by atoms with van der Waals surface area (Å²) in [7, 11) is 0. The van der Waals surface area contributed by atoms with Crippen LogP contribution in [0, 0.1) is 10.1 Å². The predicted octanol–water partition coefficient (Wildman–Crippen LogP) is 2.88. The second-order valence-electron chi connectivity index (χ2n) is 2.71. The van der Waals surface area contributed by atoms with Crippen LogP contribution in [-0.4, -0.2) is 13.7 Å². The third-order valence-electron chi connectivity index (χ3n) is 1.80. The topological polar surface area (TPSA) is 68.9 Å². The van der Waals surface area contributed by atoms with Crippen LogP contribution in [0.2, 0.25) is 0 Å². The molecule has 0 radical (unpaired) electrons. The highest BCUT2D eigenvalue weighted by Gasteiger charge is 2.10. The maximum atomic E-state index is 10.4. The van der Waals surface area contributed by atoms with Crippen LogP contribution in [0.3, 0.4) is 0 Å². The lowest BCUT2D eigenvalue weighted by Gasteiger charge is -1.96. The molecule has 0 aliphatic heterocycles. The molecular formula is C8H4BrN3O2S. The number of halogens is 1. The molecule has 2 rings (SSSR count). The fourth-order valence-corrected chi connectivity index (χ4v) is 2.19. The molecule has 0 spiro atoms. The number of hydrogen-bond acceptors (Lipinski definition) is 5. The summed E-state index contributed by atoms with van der Waals surface area (Å²) < 4.78 is 8.69. The van der Waals surface area contributed by atoms with Crippen LogP contribution in [0.1, 0.15) is 0 Å². The van der Waals surface area contributed by atoms with Crippen molar-refractivity contribution in [2.45, 2.75) is 0 Å². The lowest BCUT2D eigenvalue weighted by atomic mass is 10.1. The smallest absolute Gasteiger partial charge is 0.258 e. The van der Waals surface area contributed by atoms with Crippen molar-refractivity contribution in [1.29, 1.82) is 0 Å². The molecule has 2 aromatic rings. The van der Waals surface area contributed by atoms with E-state index in [1.807, 2.05) is 0 Å². The van der Waals surface area contributed by atoms with E-state index in [0.717, 1.165) is 17.3 Å². The third kappa shape index (κ3) is 2.02. The second kappa shape index (κ2) is 4.03. The van der Waals surface area contributed by atoms with E-state index < -0.39 is 4.92 Å². The number of hydrogen-bond donors (Lipinski definition) is 0. The normalized spacial score (nSPS) is 10.2. The Balaban J connectivity index is 2.40. The number of nitro groups is 1. The number of rotatable bonds is 2. The van der Waals surface area contributed by atoms with Crippen molar-refractivity contribution in [3.8, 4) is 11.3 Å². The molecule has 1 heterocycles. The maximum Gasteiger partial charge on any atom is 0.269 e. The summed E-state index contributed by atoms with van der Waals surface area (Å²) in [5.41, 5.74) is 1.58. The molecule has 76 valence electrons. The number of aromatic nitrogens is 2. The van der Waals surface area contributed by atoms with E-state index in [2.05, 4.69) is 24.7 Å². The molecule has 1 aromatic heterocycles. The van der Waals surface area contributed by atoms with E-state index in [-0.39, 0.29) is 5.69 Å². The highest BCUT2D eigenvalue weighted by molar-refractivity contribution is 9.10. The van der Waals surface area contributed by atoms with E-state index in [1.54, 1.807) is 12.1 Å². The van der Waals surface area contributed by atoms with Gasteiger partial charge in [-0.25, -0.2) is 0 Å². The van der Waals surface area contributed by atoms with Crippen molar-refractivity contribution >= 4 is 33.3 Å². The number of benzene rings is 1. The van der Waals surface area contributed by atoms with Gasteiger partial charge in [0.05, 0.1) is 16.7 Å². The molecule has 0 aliphatic rings. The molecule has 0 bridgehead atoms. The van der Waals surface area contributed by atoms with Gasteiger partial charge in [0.25, 0.3) is 5.69 Å². The van der Waals surface area contributed by atoms with Crippen LogP contribution in [0.4, 0.5) is 5.69 Å². The van der Waals surface area contributed by atoms with Gasteiger partial charge in [-0.2, -0.15) is 8.75 Å². The molecule has 0 unspecified atom stereocenters. The molecule has 1 aromatic carbocycles. The van der Waals surface area contributed by atoms with E-state index in [4.69, 9.17) is 0 Å². The Bertz CT molecular complexity index is 497. The summed E-state index contributed by atoms with van der Waals surface area (Å²) in [5, 5.41) is 10.4. The van der Waals surface area contributed by atoms with Crippen LogP contribution in [-0.2, 0) is 0 Å². The minimum atomic E-state index is -0.432. The molecule has 7 heteroatoms. The van der Waals surface area contributed by atoms with Gasteiger partial charge in [-0.15, -0.1) is 0 Å². The molecule has 0 saturated heterocycles. The van der Waals surface area contributed by atoms with Crippen molar-refractivity contribution in [2.75, 3.05) is 0 Å². The zero-order chi connectivity index (χ0) is 10.8. The molecule has 0 aliphatic carbocycles. The molecule has 0 atom stereocenters. The van der Waals surface area contributed by atoms with Crippen molar-refractivity contribution in [3.05, 3.63) is 39.0 Å². The zero-order valence-corrected chi connectivity index (χ0v) is 9.66. The van der Waals surface area contributed by atoms with Gasteiger partial charge in [-0.1, -0.05) is 0 Å². The summed E-state index contributed by atoms with van der Waals surface area (Å²) >= 11 is 4.34. The van der Waals surface area contributed by atoms with Gasteiger partial charge in [0.1, 0.15) is 10.3 Å². The minimum absolute atomic E-state index is 0.0676. The average Bonchev–Trinajstić information content (AvgIpc) is 2.65. The lowest BCUT2D eigenvalue weighted by Crippen LogP contribution is -1.87. The van der Waals surface area contributed by atoms with Crippen LogP contribution in [0.25, 0.3) is 11.3 Å². The molecule has 5 nitrogen and oxygen atoms in total. The minimum Gasteiger partial charge on any atom is -0.258 e. The Labute approximate surface area is 97.4 Å². The molecule has 0 saturated carbocycles. The first-order chi connectivity index (χ1) is 7.18. The van der Waals surface area contributed by atoms with E-state index in [1.165, 1.54) is 12.1 Å². The van der Waals surface area contributed by atoms with Gasteiger partial charge in [0.15, 0.2) is 0 Å². The number of nitro benzene ring substituents is 1. The fourth-order valence-electron chi connectivity index (χ4n) is 1.09. The third-order valence-corrected chi connectivity index (χ3v) is 3.12. The molecule has 0 fully saturated rings. The van der Waals surface area contributed by atoms with E-state index in [9.17, 15) is 10.1 Å². The second-order valence-corrected chi connectivity index (χ2v) is 3.99. The van der Waals surface area contributed by atoms with Gasteiger partial charge in [-0.05, 0) is 28.1 Å². The Morgan fingerprint density at radius 1 is 1.27 bits per heavy atom. The van der Waals surface area contributed by atoms with Gasteiger partial charge >= 0.3 is 0 Å². The van der Waals surface area contributed by atoms with Gasteiger partial charge in [0.2, 0.25) is 0 Å². The largest absolute Gasteiger partial charge is 0.269 e. The van der Waals surface area contributed by atoms with Gasteiger partial charge < -0.3 is 0 Å². The first-order valence-electron chi connectivity index (χ1n) is 3.91. The van der Waals surface area contributed by atoms with Gasteiger partial charge in [0, 0.05) is 17.7 Å². The number of non-ortho nitro benzene ring substituents is 1. The van der Waals surface area contributed by atoms with Crippen LogP contribution in [0.15, 0.2) is 28.9 Å². The van der Waals surface area contributed by atoms with Crippen molar-refractivity contribution in [3.63, 3.8) is 0 Å². The SMILES string of the molecule is O=[N+]([O-])c1ccc(-c2nsnc2Br)cc1. The van der Waals surface area contributed by atoms with E-state index >= 15 is 0 Å². The summed E-state index contributed by atoms with van der Waals surface area (Å²) in [6, 6.07) is 6.20. The molecule has 0 amide bonds. The zero-order valence-electron chi connectivity index (χ0n) is 7.25. The van der Waals surface area contributed by atoms with Crippen LogP contribution in [0.5, 0.6) is 0 Å².